The van der Waals surface area contributed by atoms with Crippen molar-refractivity contribution in [1.82, 2.24) is 0 Å². The number of cyclic esters (lactones) is 1. The SMILES string of the molecule is O=C1O[C@H]([C@@H](O)COP(=O)([O-])[O-])C(O)=C1O. The molecule has 1 rings (SSSR count). The largest absolute Gasteiger partial charge is 0.790 e. The molecule has 3 N–H and O–H groups in total. The van der Waals surface area contributed by atoms with Crippen LogP contribution >= 0.6 is 7.82 Å². The van der Waals surface area contributed by atoms with Gasteiger partial charge in [-0.15, -0.1) is 0 Å². The zero-order chi connectivity index (χ0) is 12.5. The highest BCUT2D eigenvalue weighted by Crippen LogP contribution is 2.27. The second-order valence-electron chi connectivity index (χ2n) is 2.87. The van der Waals surface area contributed by atoms with E-state index in [0.717, 1.165) is 0 Å². The predicted octanol–water partition coefficient (Wildman–Crippen LogP) is -2.55. The van der Waals surface area contributed by atoms with E-state index in [1.165, 1.54) is 0 Å². The van der Waals surface area contributed by atoms with Crippen molar-refractivity contribution in [2.24, 2.45) is 0 Å². The molecule has 0 bridgehead atoms. The molecule has 2 atom stereocenters. The van der Waals surface area contributed by atoms with Crippen molar-refractivity contribution in [1.29, 1.82) is 0 Å². The summed E-state index contributed by atoms with van der Waals surface area (Å²) >= 11 is 0. The van der Waals surface area contributed by atoms with Gasteiger partial charge in [-0.1, -0.05) is 0 Å². The standard InChI is InChI=1S/C6H9O9P/c7-2(1-14-16(11,12)13)5-3(8)4(9)6(10)15-5/h2,5,7-9H,1H2,(H2,11,12,13)/p-2/t2-,5+/m0/s1. The second-order valence-corrected chi connectivity index (χ2v) is 4.02. The molecule has 1 aliphatic rings. The van der Waals surface area contributed by atoms with Crippen molar-refractivity contribution >= 4 is 13.8 Å². The number of carbonyl (C=O) groups excluding carboxylic acids is 1. The van der Waals surface area contributed by atoms with Crippen LogP contribution in [-0.2, 0) is 18.6 Å². The first-order valence-corrected chi connectivity index (χ1v) is 5.36. The van der Waals surface area contributed by atoms with E-state index in [-0.39, 0.29) is 0 Å². The number of phosphoric acid groups is 1. The van der Waals surface area contributed by atoms with Crippen LogP contribution in [0.1, 0.15) is 0 Å². The number of aliphatic hydroxyl groups excluding tert-OH is 3. The molecule has 1 aliphatic heterocycles. The highest BCUT2D eigenvalue weighted by Gasteiger charge is 2.39. The Kier molecular flexibility index (Phi) is 3.56. The van der Waals surface area contributed by atoms with Gasteiger partial charge in [0.15, 0.2) is 11.9 Å². The van der Waals surface area contributed by atoms with Crippen LogP contribution in [0, 0.1) is 0 Å². The summed E-state index contributed by atoms with van der Waals surface area (Å²) in [7, 11) is -5.27. The van der Waals surface area contributed by atoms with Gasteiger partial charge in [0.25, 0.3) is 0 Å². The van der Waals surface area contributed by atoms with Gasteiger partial charge in [-0.2, -0.15) is 0 Å². The third kappa shape index (κ3) is 2.94. The Bertz CT molecular complexity index is 368. The van der Waals surface area contributed by atoms with E-state index in [2.05, 4.69) is 9.26 Å². The van der Waals surface area contributed by atoms with Crippen molar-refractivity contribution in [2.75, 3.05) is 6.61 Å². The van der Waals surface area contributed by atoms with Gasteiger partial charge in [-0.25, -0.2) is 4.79 Å². The molecule has 0 aromatic carbocycles. The Morgan fingerprint density at radius 2 is 2.06 bits per heavy atom. The number of carbonyl (C=O) groups is 1. The molecule has 10 heteroatoms. The summed E-state index contributed by atoms with van der Waals surface area (Å²) in [6.45, 7) is -1.00. The number of hydrogen-bond acceptors (Lipinski definition) is 9. The first-order valence-electron chi connectivity index (χ1n) is 3.90. The fraction of sp³-hybridized carbons (Fsp3) is 0.500. The molecule has 1 heterocycles. The average molecular weight is 254 g/mol. The van der Waals surface area contributed by atoms with Crippen molar-refractivity contribution in [2.45, 2.75) is 12.2 Å². The Labute approximate surface area is 88.8 Å². The highest BCUT2D eigenvalue weighted by molar-refractivity contribution is 7.43. The lowest BCUT2D eigenvalue weighted by Crippen LogP contribution is -2.34. The Morgan fingerprint density at radius 1 is 1.50 bits per heavy atom. The summed E-state index contributed by atoms with van der Waals surface area (Å²) in [6.07, 6.45) is -3.44. The van der Waals surface area contributed by atoms with Gasteiger partial charge >= 0.3 is 5.97 Å². The molecule has 0 aliphatic carbocycles. The number of hydrogen-bond donors (Lipinski definition) is 3. The number of rotatable bonds is 4. The smallest absolute Gasteiger partial charge is 0.377 e. The lowest BCUT2D eigenvalue weighted by Gasteiger charge is -2.30. The molecule has 92 valence electrons. The van der Waals surface area contributed by atoms with Crippen LogP contribution in [0.15, 0.2) is 11.5 Å². The highest BCUT2D eigenvalue weighted by atomic mass is 31.2. The summed E-state index contributed by atoms with van der Waals surface area (Å²) in [5, 5.41) is 27.1. The molecule has 9 nitrogen and oxygen atoms in total. The minimum atomic E-state index is -5.27. The number of esters is 1. The van der Waals surface area contributed by atoms with Crippen LogP contribution in [0.4, 0.5) is 0 Å². The second kappa shape index (κ2) is 4.40. The lowest BCUT2D eigenvalue weighted by molar-refractivity contribution is -0.343. The van der Waals surface area contributed by atoms with Crippen molar-refractivity contribution in [3.8, 4) is 0 Å². The first kappa shape index (κ1) is 12.9. The zero-order valence-corrected chi connectivity index (χ0v) is 8.49. The van der Waals surface area contributed by atoms with Gasteiger partial charge in [-0.3, -0.25) is 0 Å². The molecule has 0 saturated carbocycles. The van der Waals surface area contributed by atoms with E-state index in [0.29, 0.717) is 0 Å². The van der Waals surface area contributed by atoms with Gasteiger partial charge in [0.05, 0.1) is 14.4 Å². The Morgan fingerprint density at radius 3 is 2.44 bits per heavy atom. The predicted molar refractivity (Wildman–Crippen MR) is 41.7 cm³/mol. The molecule has 0 saturated heterocycles. The van der Waals surface area contributed by atoms with Crippen LogP contribution < -0.4 is 9.79 Å². The fourth-order valence-corrected chi connectivity index (χ4v) is 1.32. The van der Waals surface area contributed by atoms with Crippen LogP contribution in [-0.4, -0.2) is 40.1 Å². The van der Waals surface area contributed by atoms with E-state index >= 15 is 0 Å². The van der Waals surface area contributed by atoms with Crippen molar-refractivity contribution in [3.63, 3.8) is 0 Å². The lowest BCUT2D eigenvalue weighted by atomic mass is 10.2. The van der Waals surface area contributed by atoms with E-state index < -0.39 is 44.1 Å². The van der Waals surface area contributed by atoms with Crippen LogP contribution in [0.3, 0.4) is 0 Å². The fourth-order valence-electron chi connectivity index (χ4n) is 0.982. The number of aliphatic hydroxyl groups is 3. The van der Waals surface area contributed by atoms with E-state index in [1.54, 1.807) is 0 Å². The quantitative estimate of drug-likeness (QED) is 0.362. The Balaban J connectivity index is 2.61. The summed E-state index contributed by atoms with van der Waals surface area (Å²) in [6, 6.07) is 0. The molecule has 0 radical (unpaired) electrons. The zero-order valence-electron chi connectivity index (χ0n) is 7.60. The van der Waals surface area contributed by atoms with Crippen LogP contribution in [0.5, 0.6) is 0 Å². The minimum absolute atomic E-state index is 0.951. The summed E-state index contributed by atoms with van der Waals surface area (Å²) in [5.41, 5.74) is 0. The van der Waals surface area contributed by atoms with Gasteiger partial charge in [0.1, 0.15) is 6.10 Å². The van der Waals surface area contributed by atoms with Crippen LogP contribution in [0.25, 0.3) is 0 Å². The Hall–Kier alpha value is -1.12. The van der Waals surface area contributed by atoms with E-state index in [9.17, 15) is 24.3 Å². The van der Waals surface area contributed by atoms with Gasteiger partial charge in [-0.05, 0) is 0 Å². The molecule has 0 amide bonds. The number of phosphoric ester groups is 1. The average Bonchev–Trinajstić information content (AvgIpc) is 2.41. The third-order valence-corrected chi connectivity index (χ3v) is 2.16. The van der Waals surface area contributed by atoms with Gasteiger partial charge < -0.3 is 38.9 Å². The van der Waals surface area contributed by atoms with Crippen molar-refractivity contribution in [3.05, 3.63) is 11.5 Å². The molecule has 16 heavy (non-hydrogen) atoms. The third-order valence-electron chi connectivity index (χ3n) is 1.69. The number of ether oxygens (including phenoxy) is 1. The summed E-state index contributed by atoms with van der Waals surface area (Å²) < 4.78 is 18.1. The molecule has 0 aromatic heterocycles. The molecular formula is C6H7O9P-2. The van der Waals surface area contributed by atoms with E-state index in [4.69, 9.17) is 10.2 Å². The maximum absolute atomic E-state index is 10.7. The maximum Gasteiger partial charge on any atom is 0.377 e. The summed E-state index contributed by atoms with van der Waals surface area (Å²) in [4.78, 5) is 30.8. The first-order chi connectivity index (χ1) is 7.22. The maximum atomic E-state index is 10.7. The molecule has 0 aromatic rings. The normalized spacial score (nSPS) is 23.4. The molecule has 0 spiro atoms. The van der Waals surface area contributed by atoms with Crippen LogP contribution in [0.2, 0.25) is 0 Å². The summed E-state index contributed by atoms with van der Waals surface area (Å²) in [5.74, 6) is -3.31. The molecule has 0 unspecified atom stereocenters. The van der Waals surface area contributed by atoms with E-state index in [1.807, 2.05) is 0 Å². The molecular weight excluding hydrogens is 247 g/mol. The van der Waals surface area contributed by atoms with Gasteiger partial charge in [0, 0.05) is 0 Å². The topological polar surface area (TPSA) is 159 Å². The monoisotopic (exact) mass is 254 g/mol. The van der Waals surface area contributed by atoms with Gasteiger partial charge in [0.2, 0.25) is 5.76 Å². The minimum Gasteiger partial charge on any atom is -0.790 e. The molecule has 0 fully saturated rings. The van der Waals surface area contributed by atoms with Crippen molar-refractivity contribution < 1.29 is 43.7 Å².